The van der Waals surface area contributed by atoms with Gasteiger partial charge in [0.1, 0.15) is 0 Å². The summed E-state index contributed by atoms with van der Waals surface area (Å²) in [5.74, 6) is 0. The van der Waals surface area contributed by atoms with Crippen LogP contribution in [0.5, 0.6) is 0 Å². The Morgan fingerprint density at radius 1 is 1.16 bits per heavy atom. The van der Waals surface area contributed by atoms with Gasteiger partial charge in [0.25, 0.3) is 0 Å². The summed E-state index contributed by atoms with van der Waals surface area (Å²) in [7, 11) is 2.29. The number of rotatable bonds is 3. The molecule has 19 heavy (non-hydrogen) atoms. The number of hydrogen-bond acceptors (Lipinski definition) is 3. The van der Waals surface area contributed by atoms with E-state index in [1.54, 1.807) is 0 Å². The SMILES string of the molecule is CC(N)c1ccc(CN2CC3CCC(C2)N3C)cc1. The number of hydrogen-bond donors (Lipinski definition) is 1. The Balaban J connectivity index is 1.63. The smallest absolute Gasteiger partial charge is 0.0266 e. The Kier molecular flexibility index (Phi) is 3.61. The second kappa shape index (κ2) is 5.23. The van der Waals surface area contributed by atoms with Crippen LogP contribution in [0.15, 0.2) is 24.3 Å². The molecule has 0 aliphatic carbocycles. The molecule has 1 aromatic rings. The molecule has 3 atom stereocenters. The minimum Gasteiger partial charge on any atom is -0.324 e. The average molecular weight is 259 g/mol. The summed E-state index contributed by atoms with van der Waals surface area (Å²) >= 11 is 0. The molecular formula is C16H25N3. The van der Waals surface area contributed by atoms with Gasteiger partial charge in [-0.25, -0.2) is 0 Å². The van der Waals surface area contributed by atoms with E-state index in [0.717, 1.165) is 18.6 Å². The van der Waals surface area contributed by atoms with Crippen LogP contribution in [0.1, 0.15) is 36.9 Å². The molecule has 3 heteroatoms. The molecule has 3 rings (SSSR count). The monoisotopic (exact) mass is 259 g/mol. The molecule has 0 spiro atoms. The lowest BCUT2D eigenvalue weighted by Crippen LogP contribution is -2.51. The minimum absolute atomic E-state index is 0.133. The molecule has 2 bridgehead atoms. The highest BCUT2D eigenvalue weighted by atomic mass is 15.3. The van der Waals surface area contributed by atoms with Crippen LogP contribution in [-0.2, 0) is 6.54 Å². The lowest BCUT2D eigenvalue weighted by atomic mass is 10.1. The Bertz CT molecular complexity index is 412. The molecule has 2 aliphatic rings. The van der Waals surface area contributed by atoms with Crippen LogP contribution in [0.3, 0.4) is 0 Å². The first-order valence-electron chi connectivity index (χ1n) is 7.42. The largest absolute Gasteiger partial charge is 0.324 e. The number of likely N-dealkylation sites (tertiary alicyclic amines) is 1. The zero-order valence-electron chi connectivity index (χ0n) is 12.0. The van der Waals surface area contributed by atoms with Gasteiger partial charge in [0.2, 0.25) is 0 Å². The molecule has 3 unspecified atom stereocenters. The molecule has 2 aliphatic heterocycles. The second-order valence-electron chi connectivity index (χ2n) is 6.27. The lowest BCUT2D eigenvalue weighted by Gasteiger charge is -2.38. The van der Waals surface area contributed by atoms with Crippen molar-refractivity contribution in [1.29, 1.82) is 0 Å². The molecule has 2 saturated heterocycles. The van der Waals surface area contributed by atoms with Gasteiger partial charge in [-0.1, -0.05) is 24.3 Å². The average Bonchev–Trinajstić information content (AvgIpc) is 2.63. The number of fused-ring (bicyclic) bond motifs is 2. The number of nitrogens with zero attached hydrogens (tertiary/aromatic N) is 2. The maximum absolute atomic E-state index is 5.89. The van der Waals surface area contributed by atoms with Gasteiger partial charge in [-0.05, 0) is 37.9 Å². The zero-order valence-corrected chi connectivity index (χ0v) is 12.0. The summed E-state index contributed by atoms with van der Waals surface area (Å²) in [4.78, 5) is 5.19. The highest BCUT2D eigenvalue weighted by Gasteiger charge is 2.37. The maximum atomic E-state index is 5.89. The number of piperazine rings is 1. The predicted molar refractivity (Wildman–Crippen MR) is 78.9 cm³/mol. The molecule has 0 amide bonds. The lowest BCUT2D eigenvalue weighted by molar-refractivity contribution is 0.0837. The maximum Gasteiger partial charge on any atom is 0.0266 e. The fourth-order valence-electron chi connectivity index (χ4n) is 3.51. The zero-order chi connectivity index (χ0) is 13.4. The highest BCUT2D eigenvalue weighted by molar-refractivity contribution is 5.24. The molecule has 0 saturated carbocycles. The summed E-state index contributed by atoms with van der Waals surface area (Å²) in [6, 6.07) is 10.5. The van der Waals surface area contributed by atoms with Gasteiger partial charge in [0, 0.05) is 37.8 Å². The van der Waals surface area contributed by atoms with Crippen LogP contribution in [0.25, 0.3) is 0 Å². The van der Waals surface area contributed by atoms with E-state index in [4.69, 9.17) is 5.73 Å². The van der Waals surface area contributed by atoms with E-state index in [1.807, 2.05) is 6.92 Å². The van der Waals surface area contributed by atoms with Crippen LogP contribution in [0.2, 0.25) is 0 Å². The van der Waals surface area contributed by atoms with Crippen LogP contribution >= 0.6 is 0 Å². The molecule has 3 nitrogen and oxygen atoms in total. The quantitative estimate of drug-likeness (QED) is 0.901. The fourth-order valence-corrected chi connectivity index (χ4v) is 3.51. The second-order valence-corrected chi connectivity index (χ2v) is 6.27. The van der Waals surface area contributed by atoms with Crippen molar-refractivity contribution in [2.75, 3.05) is 20.1 Å². The summed E-state index contributed by atoms with van der Waals surface area (Å²) in [6.07, 6.45) is 2.75. The van der Waals surface area contributed by atoms with Crippen molar-refractivity contribution in [3.8, 4) is 0 Å². The summed E-state index contributed by atoms with van der Waals surface area (Å²) in [6.45, 7) is 5.57. The molecule has 2 heterocycles. The summed E-state index contributed by atoms with van der Waals surface area (Å²) in [5, 5.41) is 0. The van der Waals surface area contributed by atoms with Gasteiger partial charge in [0.05, 0.1) is 0 Å². The van der Waals surface area contributed by atoms with Gasteiger partial charge in [-0.15, -0.1) is 0 Å². The molecular weight excluding hydrogens is 234 g/mol. The van der Waals surface area contributed by atoms with Crippen molar-refractivity contribution >= 4 is 0 Å². The minimum atomic E-state index is 0.133. The Morgan fingerprint density at radius 3 is 2.26 bits per heavy atom. The van der Waals surface area contributed by atoms with E-state index in [0.29, 0.717) is 0 Å². The van der Waals surface area contributed by atoms with Crippen molar-refractivity contribution < 1.29 is 0 Å². The Morgan fingerprint density at radius 2 is 1.74 bits per heavy atom. The first kappa shape index (κ1) is 13.1. The normalized spacial score (nSPS) is 29.6. The molecule has 2 fully saturated rings. The van der Waals surface area contributed by atoms with Crippen LogP contribution < -0.4 is 5.73 Å². The number of benzene rings is 1. The van der Waals surface area contributed by atoms with E-state index in [2.05, 4.69) is 41.1 Å². The molecule has 2 N–H and O–H groups in total. The van der Waals surface area contributed by atoms with Crippen molar-refractivity contribution in [3.63, 3.8) is 0 Å². The Hall–Kier alpha value is -0.900. The van der Waals surface area contributed by atoms with E-state index < -0.39 is 0 Å². The van der Waals surface area contributed by atoms with E-state index in [1.165, 1.54) is 37.1 Å². The standard InChI is InChI=1S/C16H25N3/c1-12(17)14-5-3-13(4-6-14)9-19-10-15-7-8-16(11-19)18(15)2/h3-6,12,15-16H,7-11,17H2,1-2H3. The van der Waals surface area contributed by atoms with Crippen molar-refractivity contribution in [1.82, 2.24) is 9.80 Å². The number of nitrogens with two attached hydrogens (primary N) is 1. The fraction of sp³-hybridized carbons (Fsp3) is 0.625. The van der Waals surface area contributed by atoms with Gasteiger partial charge in [-0.3, -0.25) is 9.80 Å². The third-order valence-corrected chi connectivity index (χ3v) is 4.83. The third kappa shape index (κ3) is 2.69. The van der Waals surface area contributed by atoms with E-state index >= 15 is 0 Å². The Labute approximate surface area is 116 Å². The van der Waals surface area contributed by atoms with Crippen molar-refractivity contribution in [2.24, 2.45) is 5.73 Å². The van der Waals surface area contributed by atoms with Crippen molar-refractivity contribution in [3.05, 3.63) is 35.4 Å². The topological polar surface area (TPSA) is 32.5 Å². The summed E-state index contributed by atoms with van der Waals surface area (Å²) < 4.78 is 0. The van der Waals surface area contributed by atoms with E-state index in [9.17, 15) is 0 Å². The summed E-state index contributed by atoms with van der Waals surface area (Å²) in [5.41, 5.74) is 8.53. The van der Waals surface area contributed by atoms with Crippen molar-refractivity contribution in [2.45, 2.75) is 44.4 Å². The van der Waals surface area contributed by atoms with Gasteiger partial charge < -0.3 is 5.73 Å². The van der Waals surface area contributed by atoms with Crippen LogP contribution in [0.4, 0.5) is 0 Å². The van der Waals surface area contributed by atoms with Gasteiger partial charge in [0.15, 0.2) is 0 Å². The van der Waals surface area contributed by atoms with Crippen LogP contribution in [0, 0.1) is 0 Å². The van der Waals surface area contributed by atoms with Gasteiger partial charge >= 0.3 is 0 Å². The molecule has 104 valence electrons. The first-order chi connectivity index (χ1) is 9.13. The molecule has 0 radical (unpaired) electrons. The predicted octanol–water partition coefficient (Wildman–Crippen LogP) is 1.98. The van der Waals surface area contributed by atoms with Gasteiger partial charge in [-0.2, -0.15) is 0 Å². The number of likely N-dealkylation sites (N-methyl/N-ethyl adjacent to an activating group) is 1. The highest BCUT2D eigenvalue weighted by Crippen LogP contribution is 2.29. The van der Waals surface area contributed by atoms with Crippen LogP contribution in [-0.4, -0.2) is 42.0 Å². The molecule has 0 aromatic heterocycles. The van der Waals surface area contributed by atoms with E-state index in [-0.39, 0.29) is 6.04 Å². The molecule has 1 aromatic carbocycles. The third-order valence-electron chi connectivity index (χ3n) is 4.83. The first-order valence-corrected chi connectivity index (χ1v) is 7.42.